The number of carbonyl (C=O) groups is 1. The van der Waals surface area contributed by atoms with Crippen LogP contribution >= 0.6 is 0 Å². The molecule has 0 bridgehead atoms. The van der Waals surface area contributed by atoms with Crippen molar-refractivity contribution in [3.8, 4) is 0 Å². The second kappa shape index (κ2) is 12.8. The number of hydrogen-bond acceptors (Lipinski definition) is 5. The SMILES string of the molecule is NCCCCCCC(=O)OC(N)CCCCCN. The second-order valence-electron chi connectivity index (χ2n) is 4.62. The molecule has 0 aliphatic heterocycles. The van der Waals surface area contributed by atoms with E-state index in [1.807, 2.05) is 0 Å². The number of carbonyl (C=O) groups excluding carboxylic acids is 1. The van der Waals surface area contributed by atoms with E-state index in [4.69, 9.17) is 21.9 Å². The largest absolute Gasteiger partial charge is 0.447 e. The zero-order chi connectivity index (χ0) is 13.6. The number of esters is 1. The third-order valence-corrected chi connectivity index (χ3v) is 2.81. The predicted octanol–water partition coefficient (Wildman–Crippen LogP) is 1.24. The van der Waals surface area contributed by atoms with Gasteiger partial charge in [0.1, 0.15) is 0 Å². The van der Waals surface area contributed by atoms with Crippen LogP contribution in [0.2, 0.25) is 0 Å². The first-order valence-electron chi connectivity index (χ1n) is 7.06. The summed E-state index contributed by atoms with van der Waals surface area (Å²) in [5, 5.41) is 0. The van der Waals surface area contributed by atoms with E-state index in [9.17, 15) is 4.79 Å². The predicted molar refractivity (Wildman–Crippen MR) is 73.7 cm³/mol. The fourth-order valence-corrected chi connectivity index (χ4v) is 1.72. The molecule has 0 aliphatic rings. The summed E-state index contributed by atoms with van der Waals surface area (Å²) in [5.74, 6) is -0.186. The summed E-state index contributed by atoms with van der Waals surface area (Å²) >= 11 is 0. The van der Waals surface area contributed by atoms with E-state index < -0.39 is 6.23 Å². The van der Waals surface area contributed by atoms with Crippen molar-refractivity contribution in [2.75, 3.05) is 13.1 Å². The van der Waals surface area contributed by atoms with Gasteiger partial charge in [0.15, 0.2) is 6.23 Å². The van der Waals surface area contributed by atoms with E-state index >= 15 is 0 Å². The van der Waals surface area contributed by atoms with Crippen molar-refractivity contribution in [3.63, 3.8) is 0 Å². The Morgan fingerprint density at radius 2 is 1.44 bits per heavy atom. The maximum absolute atomic E-state index is 11.4. The van der Waals surface area contributed by atoms with Crippen LogP contribution in [-0.4, -0.2) is 25.3 Å². The van der Waals surface area contributed by atoms with Crippen molar-refractivity contribution in [1.29, 1.82) is 0 Å². The van der Waals surface area contributed by atoms with Crippen LogP contribution in [0.15, 0.2) is 0 Å². The van der Waals surface area contributed by atoms with E-state index in [0.717, 1.165) is 57.9 Å². The first kappa shape index (κ1) is 17.4. The van der Waals surface area contributed by atoms with Gasteiger partial charge in [0.2, 0.25) is 0 Å². The lowest BCUT2D eigenvalue weighted by atomic mass is 10.1. The van der Waals surface area contributed by atoms with Crippen LogP contribution in [0.4, 0.5) is 0 Å². The minimum atomic E-state index is -0.459. The quantitative estimate of drug-likeness (QED) is 0.278. The summed E-state index contributed by atoms with van der Waals surface area (Å²) in [4.78, 5) is 11.4. The molecule has 0 aliphatic carbocycles. The van der Waals surface area contributed by atoms with E-state index in [2.05, 4.69) is 0 Å². The number of ether oxygens (including phenoxy) is 1. The molecular formula is C13H29N3O2. The molecule has 0 aromatic carbocycles. The number of hydrogen-bond donors (Lipinski definition) is 3. The summed E-state index contributed by atoms with van der Waals surface area (Å²) in [6, 6.07) is 0. The molecule has 1 unspecified atom stereocenters. The van der Waals surface area contributed by atoms with Crippen LogP contribution in [0.1, 0.15) is 57.8 Å². The summed E-state index contributed by atoms with van der Waals surface area (Å²) in [6.45, 7) is 1.43. The highest BCUT2D eigenvalue weighted by Crippen LogP contribution is 2.07. The Morgan fingerprint density at radius 3 is 2.06 bits per heavy atom. The molecule has 0 fully saturated rings. The first-order chi connectivity index (χ1) is 8.70. The van der Waals surface area contributed by atoms with Gasteiger partial charge in [0.25, 0.3) is 0 Å². The Labute approximate surface area is 110 Å². The van der Waals surface area contributed by atoms with E-state index in [1.165, 1.54) is 0 Å². The van der Waals surface area contributed by atoms with Gasteiger partial charge in [-0.2, -0.15) is 0 Å². The molecule has 0 spiro atoms. The summed E-state index contributed by atoms with van der Waals surface area (Å²) in [5.41, 5.74) is 16.5. The normalized spacial score (nSPS) is 12.4. The average Bonchev–Trinajstić information content (AvgIpc) is 2.34. The van der Waals surface area contributed by atoms with Crippen molar-refractivity contribution in [1.82, 2.24) is 0 Å². The number of nitrogens with two attached hydrogens (primary N) is 3. The van der Waals surface area contributed by atoms with E-state index in [-0.39, 0.29) is 5.97 Å². The van der Waals surface area contributed by atoms with Gasteiger partial charge in [-0.1, -0.05) is 19.3 Å². The van der Waals surface area contributed by atoms with Gasteiger partial charge in [-0.3, -0.25) is 10.5 Å². The number of unbranched alkanes of at least 4 members (excludes halogenated alkanes) is 5. The summed E-state index contributed by atoms with van der Waals surface area (Å²) in [6.07, 6.45) is 7.71. The van der Waals surface area contributed by atoms with Gasteiger partial charge in [-0.25, -0.2) is 0 Å². The molecule has 0 amide bonds. The Kier molecular flexibility index (Phi) is 12.3. The minimum Gasteiger partial charge on any atom is -0.447 e. The van der Waals surface area contributed by atoms with Crippen molar-refractivity contribution in [2.45, 2.75) is 64.0 Å². The van der Waals surface area contributed by atoms with Crippen LogP contribution in [0, 0.1) is 0 Å². The summed E-state index contributed by atoms with van der Waals surface area (Å²) < 4.78 is 5.12. The number of rotatable bonds is 12. The monoisotopic (exact) mass is 259 g/mol. The smallest absolute Gasteiger partial charge is 0.307 e. The van der Waals surface area contributed by atoms with E-state index in [0.29, 0.717) is 13.0 Å². The highest BCUT2D eigenvalue weighted by Gasteiger charge is 2.09. The fourth-order valence-electron chi connectivity index (χ4n) is 1.72. The molecule has 0 aromatic heterocycles. The van der Waals surface area contributed by atoms with Crippen molar-refractivity contribution >= 4 is 5.97 Å². The lowest BCUT2D eigenvalue weighted by Crippen LogP contribution is -2.27. The zero-order valence-corrected chi connectivity index (χ0v) is 11.4. The molecule has 18 heavy (non-hydrogen) atoms. The maximum atomic E-state index is 11.4. The van der Waals surface area contributed by atoms with E-state index in [1.54, 1.807) is 0 Å². The van der Waals surface area contributed by atoms with Crippen LogP contribution in [0.25, 0.3) is 0 Å². The topological polar surface area (TPSA) is 104 Å². The van der Waals surface area contributed by atoms with Crippen LogP contribution in [0.3, 0.4) is 0 Å². The molecule has 6 N–H and O–H groups in total. The molecule has 0 heterocycles. The molecule has 0 rings (SSSR count). The van der Waals surface area contributed by atoms with Crippen molar-refractivity contribution in [3.05, 3.63) is 0 Å². The van der Waals surface area contributed by atoms with Gasteiger partial charge in [0.05, 0.1) is 0 Å². The first-order valence-corrected chi connectivity index (χ1v) is 7.06. The van der Waals surface area contributed by atoms with Crippen LogP contribution in [0.5, 0.6) is 0 Å². The van der Waals surface area contributed by atoms with Crippen LogP contribution < -0.4 is 17.2 Å². The third-order valence-electron chi connectivity index (χ3n) is 2.81. The third kappa shape index (κ3) is 11.8. The molecule has 1 atom stereocenters. The Morgan fingerprint density at radius 1 is 0.889 bits per heavy atom. The van der Waals surface area contributed by atoms with Gasteiger partial charge >= 0.3 is 5.97 Å². The summed E-state index contributed by atoms with van der Waals surface area (Å²) in [7, 11) is 0. The molecule has 108 valence electrons. The highest BCUT2D eigenvalue weighted by atomic mass is 16.6. The lowest BCUT2D eigenvalue weighted by molar-refractivity contribution is -0.149. The standard InChI is InChI=1S/C13H29N3O2/c14-10-6-2-1-5-9-13(17)18-12(16)8-4-3-7-11-15/h12H,1-11,14-16H2. The van der Waals surface area contributed by atoms with Crippen molar-refractivity contribution < 1.29 is 9.53 Å². The zero-order valence-electron chi connectivity index (χ0n) is 11.4. The molecular weight excluding hydrogens is 230 g/mol. The van der Waals surface area contributed by atoms with Crippen LogP contribution in [-0.2, 0) is 9.53 Å². The van der Waals surface area contributed by atoms with Crippen molar-refractivity contribution in [2.24, 2.45) is 17.2 Å². The Balaban J connectivity index is 3.37. The maximum Gasteiger partial charge on any atom is 0.307 e. The molecule has 5 nitrogen and oxygen atoms in total. The molecule has 0 radical (unpaired) electrons. The fraction of sp³-hybridized carbons (Fsp3) is 0.923. The lowest BCUT2D eigenvalue weighted by Gasteiger charge is -2.12. The molecule has 0 saturated heterocycles. The Bertz CT molecular complexity index is 201. The van der Waals surface area contributed by atoms with Gasteiger partial charge in [0, 0.05) is 6.42 Å². The minimum absolute atomic E-state index is 0.186. The second-order valence-corrected chi connectivity index (χ2v) is 4.62. The molecule has 0 aromatic rings. The Hall–Kier alpha value is -0.650. The average molecular weight is 259 g/mol. The molecule has 5 heteroatoms. The van der Waals surface area contributed by atoms with Gasteiger partial charge in [-0.05, 0) is 45.2 Å². The van der Waals surface area contributed by atoms with Gasteiger partial charge < -0.3 is 16.2 Å². The van der Waals surface area contributed by atoms with Gasteiger partial charge in [-0.15, -0.1) is 0 Å². The highest BCUT2D eigenvalue weighted by molar-refractivity contribution is 5.69. The molecule has 0 saturated carbocycles.